The SMILES string of the molecule is COC(=O)COc1ccc(/C=C(/C#N)C(=O)Nc2ccc(Cl)cc2)cc1OC. The highest BCUT2D eigenvalue weighted by Gasteiger charge is 2.12. The number of nitrogens with one attached hydrogen (secondary N) is 1. The van der Waals surface area contributed by atoms with Crippen LogP contribution in [0, 0.1) is 11.3 Å². The molecule has 8 heteroatoms. The monoisotopic (exact) mass is 400 g/mol. The number of esters is 1. The average molecular weight is 401 g/mol. The summed E-state index contributed by atoms with van der Waals surface area (Å²) in [6.45, 7) is -0.269. The molecule has 0 bridgehead atoms. The van der Waals surface area contributed by atoms with Gasteiger partial charge in [-0.25, -0.2) is 4.79 Å². The zero-order valence-corrected chi connectivity index (χ0v) is 15.9. The van der Waals surface area contributed by atoms with Crippen molar-refractivity contribution < 1.29 is 23.8 Å². The minimum Gasteiger partial charge on any atom is -0.493 e. The van der Waals surface area contributed by atoms with E-state index in [2.05, 4.69) is 10.1 Å². The molecule has 0 atom stereocenters. The largest absolute Gasteiger partial charge is 0.493 e. The fourth-order valence-electron chi connectivity index (χ4n) is 2.14. The third kappa shape index (κ3) is 5.76. The first-order valence-electron chi connectivity index (χ1n) is 8.03. The Bertz CT molecular complexity index is 933. The zero-order chi connectivity index (χ0) is 20.5. The number of hydrogen-bond donors (Lipinski definition) is 1. The van der Waals surface area contributed by atoms with Crippen LogP contribution in [0.5, 0.6) is 11.5 Å². The molecular weight excluding hydrogens is 384 g/mol. The maximum Gasteiger partial charge on any atom is 0.343 e. The lowest BCUT2D eigenvalue weighted by atomic mass is 10.1. The van der Waals surface area contributed by atoms with Gasteiger partial charge >= 0.3 is 5.97 Å². The van der Waals surface area contributed by atoms with E-state index in [4.69, 9.17) is 21.1 Å². The zero-order valence-electron chi connectivity index (χ0n) is 15.2. The molecule has 2 rings (SSSR count). The van der Waals surface area contributed by atoms with Gasteiger partial charge in [0.25, 0.3) is 5.91 Å². The van der Waals surface area contributed by atoms with Crippen LogP contribution in [0.2, 0.25) is 5.02 Å². The Morgan fingerprint density at radius 1 is 1.14 bits per heavy atom. The Labute approximate surface area is 167 Å². The summed E-state index contributed by atoms with van der Waals surface area (Å²) in [7, 11) is 2.70. The summed E-state index contributed by atoms with van der Waals surface area (Å²) in [6.07, 6.45) is 1.41. The third-order valence-corrected chi connectivity index (χ3v) is 3.79. The Balaban J connectivity index is 2.18. The van der Waals surface area contributed by atoms with Gasteiger partial charge in [0.05, 0.1) is 14.2 Å². The van der Waals surface area contributed by atoms with E-state index < -0.39 is 11.9 Å². The van der Waals surface area contributed by atoms with Gasteiger partial charge in [-0.05, 0) is 48.0 Å². The molecule has 28 heavy (non-hydrogen) atoms. The number of nitriles is 1. The van der Waals surface area contributed by atoms with Crippen LogP contribution < -0.4 is 14.8 Å². The number of amides is 1. The maximum absolute atomic E-state index is 12.3. The summed E-state index contributed by atoms with van der Waals surface area (Å²) in [5.41, 5.74) is 0.963. The van der Waals surface area contributed by atoms with E-state index in [1.54, 1.807) is 42.5 Å². The van der Waals surface area contributed by atoms with Crippen LogP contribution in [0.3, 0.4) is 0 Å². The van der Waals surface area contributed by atoms with Crippen LogP contribution in [0.4, 0.5) is 5.69 Å². The van der Waals surface area contributed by atoms with Gasteiger partial charge in [-0.1, -0.05) is 17.7 Å². The van der Waals surface area contributed by atoms with E-state index >= 15 is 0 Å². The first-order chi connectivity index (χ1) is 13.5. The van der Waals surface area contributed by atoms with Gasteiger partial charge in [-0.2, -0.15) is 5.26 Å². The van der Waals surface area contributed by atoms with Gasteiger partial charge < -0.3 is 19.5 Å². The average Bonchev–Trinajstić information content (AvgIpc) is 2.71. The van der Waals surface area contributed by atoms with Crippen molar-refractivity contribution in [2.45, 2.75) is 0 Å². The van der Waals surface area contributed by atoms with Crippen LogP contribution in [0.25, 0.3) is 6.08 Å². The van der Waals surface area contributed by atoms with Crippen LogP contribution >= 0.6 is 11.6 Å². The fourth-order valence-corrected chi connectivity index (χ4v) is 2.26. The highest BCUT2D eigenvalue weighted by atomic mass is 35.5. The molecule has 0 saturated heterocycles. The van der Waals surface area contributed by atoms with Crippen LogP contribution in [0.1, 0.15) is 5.56 Å². The Hall–Kier alpha value is -3.50. The normalized spacial score (nSPS) is 10.6. The Kier molecular flexibility index (Phi) is 7.43. The van der Waals surface area contributed by atoms with Crippen LogP contribution in [0.15, 0.2) is 48.0 Å². The lowest BCUT2D eigenvalue weighted by molar-refractivity contribution is -0.142. The second kappa shape index (κ2) is 10.00. The summed E-state index contributed by atoms with van der Waals surface area (Å²) in [6, 6.07) is 13.2. The summed E-state index contributed by atoms with van der Waals surface area (Å²) in [5.74, 6) is -0.423. The molecule has 1 N–H and O–H groups in total. The molecule has 7 nitrogen and oxygen atoms in total. The quantitative estimate of drug-likeness (QED) is 0.434. The van der Waals surface area contributed by atoms with E-state index in [1.807, 2.05) is 6.07 Å². The first-order valence-corrected chi connectivity index (χ1v) is 8.41. The minimum absolute atomic E-state index is 0.0970. The summed E-state index contributed by atoms with van der Waals surface area (Å²) in [5, 5.41) is 12.5. The number of carbonyl (C=O) groups excluding carboxylic acids is 2. The Morgan fingerprint density at radius 3 is 2.46 bits per heavy atom. The molecule has 2 aromatic rings. The minimum atomic E-state index is -0.560. The van der Waals surface area contributed by atoms with Crippen molar-refractivity contribution in [3.63, 3.8) is 0 Å². The molecule has 0 aliphatic carbocycles. The molecule has 1 amide bonds. The highest BCUT2D eigenvalue weighted by molar-refractivity contribution is 6.30. The van der Waals surface area contributed by atoms with Crippen LogP contribution in [-0.2, 0) is 14.3 Å². The molecular formula is C20H17ClN2O5. The van der Waals surface area contributed by atoms with E-state index in [0.717, 1.165) is 0 Å². The van der Waals surface area contributed by atoms with Crippen molar-refractivity contribution in [3.8, 4) is 17.6 Å². The van der Waals surface area contributed by atoms with Gasteiger partial charge in [0, 0.05) is 10.7 Å². The van der Waals surface area contributed by atoms with E-state index in [9.17, 15) is 14.9 Å². The van der Waals surface area contributed by atoms with Gasteiger partial charge in [-0.3, -0.25) is 4.79 Å². The topological polar surface area (TPSA) is 97.7 Å². The van der Waals surface area contributed by atoms with Crippen molar-refractivity contribution in [3.05, 3.63) is 58.6 Å². The van der Waals surface area contributed by atoms with Crippen molar-refractivity contribution >= 4 is 35.2 Å². The number of hydrogen-bond acceptors (Lipinski definition) is 6. The molecule has 0 spiro atoms. The second-order valence-corrected chi connectivity index (χ2v) is 5.84. The fraction of sp³-hybridized carbons (Fsp3) is 0.150. The number of nitrogens with zero attached hydrogens (tertiary/aromatic N) is 1. The number of benzene rings is 2. The lowest BCUT2D eigenvalue weighted by Gasteiger charge is -2.10. The van der Waals surface area contributed by atoms with Gasteiger partial charge in [0.15, 0.2) is 18.1 Å². The van der Waals surface area contributed by atoms with Crippen molar-refractivity contribution in [1.29, 1.82) is 5.26 Å². The molecule has 0 fully saturated rings. The van der Waals surface area contributed by atoms with E-state index in [1.165, 1.54) is 20.3 Å². The molecule has 0 aromatic heterocycles. The summed E-state index contributed by atoms with van der Waals surface area (Å²) >= 11 is 5.81. The van der Waals surface area contributed by atoms with Gasteiger partial charge in [0.1, 0.15) is 11.6 Å². The van der Waals surface area contributed by atoms with Crippen molar-refractivity contribution in [2.24, 2.45) is 0 Å². The second-order valence-electron chi connectivity index (χ2n) is 5.41. The maximum atomic E-state index is 12.3. The number of rotatable bonds is 7. The Morgan fingerprint density at radius 2 is 1.86 bits per heavy atom. The van der Waals surface area contributed by atoms with Gasteiger partial charge in [0.2, 0.25) is 0 Å². The number of carbonyl (C=O) groups is 2. The summed E-state index contributed by atoms with van der Waals surface area (Å²) in [4.78, 5) is 23.5. The number of methoxy groups -OCH3 is 2. The van der Waals surface area contributed by atoms with E-state index in [-0.39, 0.29) is 12.2 Å². The molecule has 0 unspecified atom stereocenters. The molecule has 0 aliphatic rings. The standard InChI is InChI=1S/C20H17ClN2O5/c1-26-18-10-13(3-8-17(18)28-12-19(24)27-2)9-14(11-22)20(25)23-16-6-4-15(21)5-7-16/h3-10H,12H2,1-2H3,(H,23,25)/b14-9-. The predicted octanol–water partition coefficient (Wildman–Crippen LogP) is 3.45. The number of anilines is 1. The number of ether oxygens (including phenoxy) is 3. The first kappa shape index (κ1) is 20.8. The molecule has 0 saturated carbocycles. The summed E-state index contributed by atoms with van der Waals surface area (Å²) < 4.78 is 15.1. The molecule has 0 radical (unpaired) electrons. The molecule has 144 valence electrons. The van der Waals surface area contributed by atoms with Crippen molar-refractivity contribution in [2.75, 3.05) is 26.1 Å². The highest BCUT2D eigenvalue weighted by Crippen LogP contribution is 2.29. The smallest absolute Gasteiger partial charge is 0.343 e. The van der Waals surface area contributed by atoms with Crippen molar-refractivity contribution in [1.82, 2.24) is 0 Å². The molecule has 0 aliphatic heterocycles. The lowest BCUT2D eigenvalue weighted by Crippen LogP contribution is -2.13. The molecule has 2 aromatic carbocycles. The third-order valence-electron chi connectivity index (χ3n) is 3.54. The molecule has 0 heterocycles. The van der Waals surface area contributed by atoms with E-state index in [0.29, 0.717) is 27.8 Å². The van der Waals surface area contributed by atoms with Crippen LogP contribution in [-0.4, -0.2) is 32.7 Å². The van der Waals surface area contributed by atoms with Gasteiger partial charge in [-0.15, -0.1) is 0 Å². The number of halogens is 1. The predicted molar refractivity (Wildman–Crippen MR) is 104 cm³/mol.